The second-order valence-corrected chi connectivity index (χ2v) is 4.57. The molecule has 0 fully saturated rings. The lowest BCUT2D eigenvalue weighted by Crippen LogP contribution is -2.38. The molecule has 4 nitrogen and oxygen atoms in total. The number of methoxy groups -OCH3 is 1. The van der Waals surface area contributed by atoms with Crippen molar-refractivity contribution in [1.82, 2.24) is 10.3 Å². The topological polar surface area (TPSA) is 54.1 Å². The summed E-state index contributed by atoms with van der Waals surface area (Å²) in [6.07, 6.45) is 1.60. The van der Waals surface area contributed by atoms with Crippen LogP contribution in [0.1, 0.15) is 19.0 Å². The standard InChI is InChI=1S/C15H20N2O2/c1-3-13(15(18)19-2)16-9-8-12-10-11-6-4-5-7-14(11)17-12/h4-7,10,13,16-17H,3,8-9H2,1-2H3. The molecule has 1 aromatic heterocycles. The van der Waals surface area contributed by atoms with E-state index >= 15 is 0 Å². The molecule has 1 heterocycles. The highest BCUT2D eigenvalue weighted by atomic mass is 16.5. The third-order valence-corrected chi connectivity index (χ3v) is 3.26. The van der Waals surface area contributed by atoms with Crippen molar-refractivity contribution in [3.63, 3.8) is 0 Å². The van der Waals surface area contributed by atoms with Crippen LogP contribution in [0.3, 0.4) is 0 Å². The fourth-order valence-corrected chi connectivity index (χ4v) is 2.19. The summed E-state index contributed by atoms with van der Waals surface area (Å²) in [6, 6.07) is 10.1. The summed E-state index contributed by atoms with van der Waals surface area (Å²) < 4.78 is 4.74. The monoisotopic (exact) mass is 260 g/mol. The molecule has 2 aromatic rings. The Hall–Kier alpha value is -1.81. The Morgan fingerprint density at radius 3 is 2.89 bits per heavy atom. The maximum Gasteiger partial charge on any atom is 0.322 e. The van der Waals surface area contributed by atoms with Gasteiger partial charge in [0.2, 0.25) is 0 Å². The number of H-pyrrole nitrogens is 1. The highest BCUT2D eigenvalue weighted by Crippen LogP contribution is 2.14. The minimum atomic E-state index is -0.214. The van der Waals surface area contributed by atoms with Crippen LogP contribution in [0, 0.1) is 0 Å². The molecule has 2 rings (SSSR count). The van der Waals surface area contributed by atoms with Gasteiger partial charge >= 0.3 is 5.97 Å². The Labute approximate surface area is 113 Å². The first kappa shape index (κ1) is 13.6. The summed E-state index contributed by atoms with van der Waals surface area (Å²) >= 11 is 0. The van der Waals surface area contributed by atoms with Gasteiger partial charge in [0.15, 0.2) is 0 Å². The lowest BCUT2D eigenvalue weighted by atomic mass is 10.2. The molecule has 1 atom stereocenters. The molecular formula is C15H20N2O2. The molecule has 4 heteroatoms. The summed E-state index contributed by atoms with van der Waals surface area (Å²) in [5.74, 6) is -0.195. The van der Waals surface area contributed by atoms with Crippen LogP contribution in [0.4, 0.5) is 0 Å². The number of esters is 1. The zero-order valence-corrected chi connectivity index (χ0v) is 11.4. The number of carbonyl (C=O) groups excluding carboxylic acids is 1. The molecule has 102 valence electrons. The van der Waals surface area contributed by atoms with E-state index in [1.165, 1.54) is 18.2 Å². The predicted molar refractivity (Wildman–Crippen MR) is 76.1 cm³/mol. The van der Waals surface area contributed by atoms with Gasteiger partial charge in [-0.2, -0.15) is 0 Å². The highest BCUT2D eigenvalue weighted by Gasteiger charge is 2.15. The molecule has 1 unspecified atom stereocenters. The number of carbonyl (C=O) groups is 1. The van der Waals surface area contributed by atoms with Gasteiger partial charge in [-0.05, 0) is 30.4 Å². The Morgan fingerprint density at radius 1 is 1.42 bits per heavy atom. The van der Waals surface area contributed by atoms with E-state index in [1.807, 2.05) is 19.1 Å². The number of hydrogen-bond donors (Lipinski definition) is 2. The van der Waals surface area contributed by atoms with Crippen LogP contribution in [-0.4, -0.2) is 30.6 Å². The van der Waals surface area contributed by atoms with E-state index in [-0.39, 0.29) is 12.0 Å². The number of aromatic nitrogens is 1. The van der Waals surface area contributed by atoms with Crippen molar-refractivity contribution in [3.8, 4) is 0 Å². The Morgan fingerprint density at radius 2 is 2.21 bits per heavy atom. The zero-order valence-electron chi connectivity index (χ0n) is 11.4. The van der Waals surface area contributed by atoms with Crippen molar-refractivity contribution >= 4 is 16.9 Å². The minimum Gasteiger partial charge on any atom is -0.468 e. The predicted octanol–water partition coefficient (Wildman–Crippen LogP) is 2.25. The van der Waals surface area contributed by atoms with Gasteiger partial charge in [0.25, 0.3) is 0 Å². The normalized spacial score (nSPS) is 12.5. The maximum atomic E-state index is 11.4. The van der Waals surface area contributed by atoms with Crippen LogP contribution in [0.5, 0.6) is 0 Å². The van der Waals surface area contributed by atoms with Gasteiger partial charge in [-0.3, -0.25) is 4.79 Å². The van der Waals surface area contributed by atoms with Crippen molar-refractivity contribution in [1.29, 1.82) is 0 Å². The largest absolute Gasteiger partial charge is 0.468 e. The first-order valence-corrected chi connectivity index (χ1v) is 6.62. The first-order valence-electron chi connectivity index (χ1n) is 6.62. The van der Waals surface area contributed by atoms with E-state index in [0.29, 0.717) is 0 Å². The van der Waals surface area contributed by atoms with Crippen LogP contribution in [-0.2, 0) is 16.0 Å². The molecule has 0 spiro atoms. The van der Waals surface area contributed by atoms with Crippen molar-refractivity contribution in [2.24, 2.45) is 0 Å². The van der Waals surface area contributed by atoms with Crippen molar-refractivity contribution in [3.05, 3.63) is 36.0 Å². The number of ether oxygens (including phenoxy) is 1. The lowest BCUT2D eigenvalue weighted by Gasteiger charge is -2.13. The summed E-state index contributed by atoms with van der Waals surface area (Å²) in [5.41, 5.74) is 2.32. The van der Waals surface area contributed by atoms with Gasteiger partial charge in [0.05, 0.1) is 7.11 Å². The Kier molecular flexibility index (Phi) is 4.58. The number of benzene rings is 1. The van der Waals surface area contributed by atoms with Crippen molar-refractivity contribution in [2.45, 2.75) is 25.8 Å². The van der Waals surface area contributed by atoms with E-state index in [9.17, 15) is 4.79 Å². The summed E-state index contributed by atoms with van der Waals surface area (Å²) in [5, 5.41) is 4.44. The van der Waals surface area contributed by atoms with Crippen LogP contribution in [0.15, 0.2) is 30.3 Å². The molecular weight excluding hydrogens is 240 g/mol. The lowest BCUT2D eigenvalue weighted by molar-refractivity contribution is -0.143. The molecule has 0 radical (unpaired) electrons. The first-order chi connectivity index (χ1) is 9.24. The second-order valence-electron chi connectivity index (χ2n) is 4.57. The van der Waals surface area contributed by atoms with Gasteiger partial charge in [-0.15, -0.1) is 0 Å². The number of rotatable bonds is 6. The number of nitrogens with one attached hydrogen (secondary N) is 2. The summed E-state index contributed by atoms with van der Waals surface area (Å²) in [7, 11) is 1.42. The smallest absolute Gasteiger partial charge is 0.322 e. The van der Waals surface area contributed by atoms with Crippen LogP contribution in [0.25, 0.3) is 10.9 Å². The fourth-order valence-electron chi connectivity index (χ4n) is 2.19. The van der Waals surface area contributed by atoms with Gasteiger partial charge in [0, 0.05) is 17.8 Å². The number of aromatic amines is 1. The molecule has 0 saturated heterocycles. The van der Waals surface area contributed by atoms with E-state index in [4.69, 9.17) is 4.74 Å². The van der Waals surface area contributed by atoms with Crippen LogP contribution < -0.4 is 5.32 Å². The number of hydrogen-bond acceptors (Lipinski definition) is 3. The molecule has 0 bridgehead atoms. The van der Waals surface area contributed by atoms with E-state index in [1.54, 1.807) is 0 Å². The second kappa shape index (κ2) is 6.38. The van der Waals surface area contributed by atoms with Gasteiger partial charge in [0.1, 0.15) is 6.04 Å². The molecule has 0 aliphatic rings. The molecule has 0 aliphatic carbocycles. The molecule has 1 aromatic carbocycles. The highest BCUT2D eigenvalue weighted by molar-refractivity contribution is 5.80. The maximum absolute atomic E-state index is 11.4. The van der Waals surface area contributed by atoms with Crippen LogP contribution >= 0.6 is 0 Å². The average molecular weight is 260 g/mol. The molecule has 19 heavy (non-hydrogen) atoms. The Bertz CT molecular complexity index is 515. The quantitative estimate of drug-likeness (QED) is 0.783. The van der Waals surface area contributed by atoms with Crippen molar-refractivity contribution < 1.29 is 9.53 Å². The van der Waals surface area contributed by atoms with Crippen LogP contribution in [0.2, 0.25) is 0 Å². The average Bonchev–Trinajstić information content (AvgIpc) is 2.85. The van der Waals surface area contributed by atoms with Gasteiger partial charge in [-0.25, -0.2) is 0 Å². The summed E-state index contributed by atoms with van der Waals surface area (Å²) in [6.45, 7) is 2.72. The van der Waals surface area contributed by atoms with Gasteiger partial charge in [-0.1, -0.05) is 25.1 Å². The third kappa shape index (κ3) is 3.35. The fraction of sp³-hybridized carbons (Fsp3) is 0.400. The van der Waals surface area contributed by atoms with E-state index in [0.717, 1.165) is 24.9 Å². The summed E-state index contributed by atoms with van der Waals surface area (Å²) in [4.78, 5) is 14.8. The minimum absolute atomic E-state index is 0.195. The van der Waals surface area contributed by atoms with E-state index < -0.39 is 0 Å². The van der Waals surface area contributed by atoms with E-state index in [2.05, 4.69) is 28.5 Å². The molecule has 0 aliphatic heterocycles. The van der Waals surface area contributed by atoms with Gasteiger partial charge < -0.3 is 15.0 Å². The molecule has 2 N–H and O–H groups in total. The third-order valence-electron chi connectivity index (χ3n) is 3.26. The number of fused-ring (bicyclic) bond motifs is 1. The Balaban J connectivity index is 1.90. The number of para-hydroxylation sites is 1. The molecule has 0 amide bonds. The SMILES string of the molecule is CCC(NCCc1cc2ccccc2[nH]1)C(=O)OC. The molecule has 0 saturated carbocycles. The van der Waals surface area contributed by atoms with Crippen molar-refractivity contribution in [2.75, 3.05) is 13.7 Å². The zero-order chi connectivity index (χ0) is 13.7.